The predicted molar refractivity (Wildman–Crippen MR) is 98.8 cm³/mol. The summed E-state index contributed by atoms with van der Waals surface area (Å²) < 4.78 is 0.996. The van der Waals surface area contributed by atoms with E-state index in [4.69, 9.17) is 0 Å². The van der Waals surface area contributed by atoms with Crippen LogP contribution in [0.25, 0.3) is 10.2 Å². The normalized spacial score (nSPS) is 13.6. The second-order valence-corrected chi connectivity index (χ2v) is 7.15. The molecule has 0 saturated heterocycles. The van der Waals surface area contributed by atoms with Crippen LogP contribution in [0.15, 0.2) is 42.5 Å². The second kappa shape index (κ2) is 6.29. The molecular weight excluding hydrogens is 334 g/mol. The summed E-state index contributed by atoms with van der Waals surface area (Å²) in [6.07, 6.45) is 0.848. The predicted octanol–water partition coefficient (Wildman–Crippen LogP) is 3.45. The minimum atomic E-state index is -0.208. The fraction of sp³-hybridized carbons (Fsp3) is 0.211. The molecule has 0 aliphatic carbocycles. The van der Waals surface area contributed by atoms with Gasteiger partial charge in [-0.3, -0.25) is 9.59 Å². The molecule has 0 unspecified atom stereocenters. The number of aromatic nitrogens is 1. The first-order valence-corrected chi connectivity index (χ1v) is 8.96. The van der Waals surface area contributed by atoms with E-state index in [1.54, 1.807) is 6.92 Å². The van der Waals surface area contributed by atoms with Crippen molar-refractivity contribution in [3.05, 3.63) is 58.6 Å². The van der Waals surface area contributed by atoms with Crippen LogP contribution in [-0.4, -0.2) is 28.2 Å². The summed E-state index contributed by atoms with van der Waals surface area (Å²) in [5, 5.41) is 3.37. The van der Waals surface area contributed by atoms with E-state index in [2.05, 4.69) is 10.3 Å². The highest BCUT2D eigenvalue weighted by molar-refractivity contribution is 7.20. The van der Waals surface area contributed by atoms with E-state index in [-0.39, 0.29) is 11.8 Å². The van der Waals surface area contributed by atoms with Crippen molar-refractivity contribution in [1.82, 2.24) is 9.88 Å². The Morgan fingerprint density at radius 3 is 2.80 bits per heavy atom. The van der Waals surface area contributed by atoms with Gasteiger partial charge in [0.1, 0.15) is 0 Å². The van der Waals surface area contributed by atoms with Crippen LogP contribution < -0.4 is 5.32 Å². The van der Waals surface area contributed by atoms with Gasteiger partial charge in [0, 0.05) is 25.7 Å². The maximum atomic E-state index is 12.5. The van der Waals surface area contributed by atoms with E-state index in [0.717, 1.165) is 34.4 Å². The van der Waals surface area contributed by atoms with Gasteiger partial charge in [-0.1, -0.05) is 18.2 Å². The van der Waals surface area contributed by atoms with Crippen molar-refractivity contribution in [3.8, 4) is 0 Å². The average molecular weight is 351 g/mol. The number of nitrogens with one attached hydrogen (secondary N) is 1. The summed E-state index contributed by atoms with van der Waals surface area (Å²) in [6, 6.07) is 13.6. The second-order valence-electron chi connectivity index (χ2n) is 6.11. The number of thiazole rings is 1. The molecule has 2 aromatic carbocycles. The molecule has 1 N–H and O–H groups in total. The number of amides is 2. The molecule has 2 heterocycles. The maximum Gasteiger partial charge on any atom is 0.284 e. The van der Waals surface area contributed by atoms with Crippen LogP contribution in [-0.2, 0) is 17.8 Å². The van der Waals surface area contributed by atoms with E-state index >= 15 is 0 Å². The third-order valence-corrected chi connectivity index (χ3v) is 5.45. The number of hydrogen-bond acceptors (Lipinski definition) is 4. The van der Waals surface area contributed by atoms with E-state index < -0.39 is 0 Å². The largest absolute Gasteiger partial charge is 0.338 e. The third-order valence-electron chi connectivity index (χ3n) is 4.41. The number of nitrogens with zero attached hydrogens (tertiary/aromatic N) is 2. The van der Waals surface area contributed by atoms with Crippen molar-refractivity contribution in [1.29, 1.82) is 0 Å². The number of fused-ring (bicyclic) bond motifs is 2. The maximum absolute atomic E-state index is 12.5. The lowest BCUT2D eigenvalue weighted by atomic mass is 9.99. The number of benzene rings is 2. The fourth-order valence-corrected chi connectivity index (χ4v) is 3.92. The first-order valence-electron chi connectivity index (χ1n) is 8.14. The lowest BCUT2D eigenvalue weighted by Gasteiger charge is -2.28. The zero-order valence-electron chi connectivity index (χ0n) is 13.8. The summed E-state index contributed by atoms with van der Waals surface area (Å²) >= 11 is 1.38. The molecule has 0 saturated carbocycles. The molecule has 1 aliphatic heterocycles. The number of para-hydroxylation sites is 1. The van der Waals surface area contributed by atoms with Crippen molar-refractivity contribution < 1.29 is 9.59 Å². The Bertz CT molecular complexity index is 947. The molecule has 4 rings (SSSR count). The lowest BCUT2D eigenvalue weighted by Crippen LogP contribution is -2.34. The Morgan fingerprint density at radius 2 is 2.00 bits per heavy atom. The van der Waals surface area contributed by atoms with Gasteiger partial charge in [0.25, 0.3) is 5.91 Å². The van der Waals surface area contributed by atoms with Crippen molar-refractivity contribution in [3.63, 3.8) is 0 Å². The highest BCUT2D eigenvalue weighted by atomic mass is 32.1. The minimum absolute atomic E-state index is 0.0783. The molecule has 5 nitrogen and oxygen atoms in total. The number of hydrogen-bond donors (Lipinski definition) is 1. The molecule has 25 heavy (non-hydrogen) atoms. The van der Waals surface area contributed by atoms with Crippen LogP contribution in [0.3, 0.4) is 0 Å². The Labute approximate surface area is 149 Å². The summed E-state index contributed by atoms with van der Waals surface area (Å²) in [4.78, 5) is 30.3. The summed E-state index contributed by atoms with van der Waals surface area (Å²) in [7, 11) is 0. The van der Waals surface area contributed by atoms with Crippen LogP contribution in [0.4, 0.5) is 5.69 Å². The first kappa shape index (κ1) is 15.8. The van der Waals surface area contributed by atoms with Crippen LogP contribution in [0.5, 0.6) is 0 Å². The van der Waals surface area contributed by atoms with Gasteiger partial charge in [-0.15, -0.1) is 11.3 Å². The Hall–Kier alpha value is -2.73. The van der Waals surface area contributed by atoms with E-state index in [0.29, 0.717) is 11.6 Å². The zero-order chi connectivity index (χ0) is 17.4. The van der Waals surface area contributed by atoms with Crippen molar-refractivity contribution >= 4 is 39.1 Å². The molecule has 0 atom stereocenters. The SMILES string of the molecule is CC(=O)N1CCc2ccc(NC(=O)c3nc4ccccc4s3)cc2C1. The molecule has 1 aliphatic rings. The van der Waals surface area contributed by atoms with Gasteiger partial charge in [-0.25, -0.2) is 4.98 Å². The minimum Gasteiger partial charge on any atom is -0.338 e. The molecule has 126 valence electrons. The number of carbonyl (C=O) groups excluding carboxylic acids is 2. The standard InChI is InChI=1S/C19H17N3O2S/c1-12(23)22-9-8-13-6-7-15(10-14(13)11-22)20-18(24)19-21-16-4-2-3-5-17(16)25-19/h2-7,10H,8-9,11H2,1H3,(H,20,24). The van der Waals surface area contributed by atoms with Gasteiger partial charge >= 0.3 is 0 Å². The van der Waals surface area contributed by atoms with E-state index in [1.165, 1.54) is 16.9 Å². The van der Waals surface area contributed by atoms with Gasteiger partial charge in [0.2, 0.25) is 5.91 Å². The Morgan fingerprint density at radius 1 is 1.16 bits per heavy atom. The van der Waals surface area contributed by atoms with E-state index in [1.807, 2.05) is 47.4 Å². The van der Waals surface area contributed by atoms with Gasteiger partial charge in [0.15, 0.2) is 5.01 Å². The summed E-state index contributed by atoms with van der Waals surface area (Å²) in [5.74, 6) is -0.130. The topological polar surface area (TPSA) is 62.3 Å². The van der Waals surface area contributed by atoms with Crippen LogP contribution >= 0.6 is 11.3 Å². The molecular formula is C19H17N3O2S. The molecule has 0 spiro atoms. The molecule has 0 radical (unpaired) electrons. The third kappa shape index (κ3) is 3.13. The number of anilines is 1. The monoisotopic (exact) mass is 351 g/mol. The Balaban J connectivity index is 1.55. The molecule has 6 heteroatoms. The van der Waals surface area contributed by atoms with Gasteiger partial charge in [0.05, 0.1) is 10.2 Å². The highest BCUT2D eigenvalue weighted by Crippen LogP contribution is 2.25. The molecule has 0 bridgehead atoms. The quantitative estimate of drug-likeness (QED) is 0.769. The highest BCUT2D eigenvalue weighted by Gasteiger charge is 2.19. The number of rotatable bonds is 2. The molecule has 1 aromatic heterocycles. The van der Waals surface area contributed by atoms with Gasteiger partial charge < -0.3 is 10.2 Å². The van der Waals surface area contributed by atoms with Crippen molar-refractivity contribution in [2.24, 2.45) is 0 Å². The van der Waals surface area contributed by atoms with Crippen molar-refractivity contribution in [2.75, 3.05) is 11.9 Å². The van der Waals surface area contributed by atoms with Crippen LogP contribution in [0.1, 0.15) is 27.9 Å². The lowest BCUT2D eigenvalue weighted by molar-refractivity contribution is -0.129. The van der Waals surface area contributed by atoms with Gasteiger partial charge in [-0.2, -0.15) is 0 Å². The molecule has 0 fully saturated rings. The molecule has 3 aromatic rings. The van der Waals surface area contributed by atoms with Crippen molar-refractivity contribution in [2.45, 2.75) is 19.9 Å². The summed E-state index contributed by atoms with van der Waals surface area (Å²) in [5.41, 5.74) is 3.88. The fourth-order valence-electron chi connectivity index (χ4n) is 3.06. The zero-order valence-corrected chi connectivity index (χ0v) is 14.6. The first-order chi connectivity index (χ1) is 12.1. The van der Waals surface area contributed by atoms with Gasteiger partial charge in [-0.05, 0) is 41.8 Å². The average Bonchev–Trinajstić information content (AvgIpc) is 3.05. The van der Waals surface area contributed by atoms with Crippen LogP contribution in [0, 0.1) is 0 Å². The molecule has 2 amide bonds. The smallest absolute Gasteiger partial charge is 0.284 e. The van der Waals surface area contributed by atoms with E-state index in [9.17, 15) is 9.59 Å². The van der Waals surface area contributed by atoms with Crippen LogP contribution in [0.2, 0.25) is 0 Å². The summed E-state index contributed by atoms with van der Waals surface area (Å²) in [6.45, 7) is 2.93. The number of carbonyl (C=O) groups is 2. The Kier molecular flexibility index (Phi) is 3.97.